The molecule has 1 heterocycles. The van der Waals surface area contributed by atoms with Crippen LogP contribution in [-0.2, 0) is 14.3 Å². The second kappa shape index (κ2) is 6.58. The number of carbonyl (C=O) groups excluding carboxylic acids is 2. The Balaban J connectivity index is 1.22. The summed E-state index contributed by atoms with van der Waals surface area (Å²) in [5.74, 6) is 0.563. The van der Waals surface area contributed by atoms with E-state index in [9.17, 15) is 9.59 Å². The van der Waals surface area contributed by atoms with Crippen LogP contribution >= 0.6 is 11.6 Å². The van der Waals surface area contributed by atoms with Gasteiger partial charge < -0.3 is 4.74 Å². The van der Waals surface area contributed by atoms with Gasteiger partial charge in [-0.2, -0.15) is 5.10 Å². The van der Waals surface area contributed by atoms with Crippen molar-refractivity contribution in [2.75, 3.05) is 13.2 Å². The molecule has 1 aromatic rings. The molecule has 1 amide bonds. The first-order valence-electron chi connectivity index (χ1n) is 10.2. The van der Waals surface area contributed by atoms with Gasteiger partial charge in [-0.15, -0.1) is 11.6 Å². The lowest BCUT2D eigenvalue weighted by Crippen LogP contribution is -2.56. The molecule has 1 aliphatic heterocycles. The van der Waals surface area contributed by atoms with Crippen molar-refractivity contribution < 1.29 is 14.3 Å². The van der Waals surface area contributed by atoms with Crippen LogP contribution < -0.4 is 0 Å². The number of nitrogens with zero attached hydrogens (tertiary/aromatic N) is 2. The van der Waals surface area contributed by atoms with Crippen LogP contribution in [0.2, 0.25) is 0 Å². The number of ether oxygens (including phenoxy) is 1. The molecular formula is C22H25ClN2O3. The van der Waals surface area contributed by atoms with Gasteiger partial charge in [-0.05, 0) is 55.9 Å². The molecule has 4 saturated carbocycles. The molecule has 6 heteroatoms. The number of hydrogen-bond donors (Lipinski definition) is 0. The van der Waals surface area contributed by atoms with Gasteiger partial charge in [0.05, 0.1) is 17.7 Å². The lowest BCUT2D eigenvalue weighted by molar-refractivity contribution is -0.173. The van der Waals surface area contributed by atoms with Gasteiger partial charge in [-0.1, -0.05) is 30.3 Å². The predicted molar refractivity (Wildman–Crippen MR) is 106 cm³/mol. The Labute approximate surface area is 170 Å². The summed E-state index contributed by atoms with van der Waals surface area (Å²) in [7, 11) is 0. The quantitative estimate of drug-likeness (QED) is 0.571. The fraction of sp³-hybridized carbons (Fsp3) is 0.591. The highest BCUT2D eigenvalue weighted by Gasteiger charge is 2.60. The summed E-state index contributed by atoms with van der Waals surface area (Å²) in [6.07, 6.45) is 6.37. The summed E-state index contributed by atoms with van der Waals surface area (Å²) < 4.78 is 5.53. The van der Waals surface area contributed by atoms with Gasteiger partial charge in [-0.25, -0.2) is 5.01 Å². The molecule has 4 bridgehead atoms. The molecule has 5 aliphatic rings. The van der Waals surface area contributed by atoms with Crippen molar-refractivity contribution in [1.29, 1.82) is 0 Å². The van der Waals surface area contributed by atoms with E-state index in [0.29, 0.717) is 31.2 Å². The van der Waals surface area contributed by atoms with Gasteiger partial charge in [-0.3, -0.25) is 9.59 Å². The molecule has 5 nitrogen and oxygen atoms in total. The van der Waals surface area contributed by atoms with Crippen LogP contribution in [0.5, 0.6) is 0 Å². The summed E-state index contributed by atoms with van der Waals surface area (Å²) in [6.45, 7) is 0.289. The molecule has 0 N–H and O–H groups in total. The van der Waals surface area contributed by atoms with Crippen LogP contribution in [0.4, 0.5) is 0 Å². The molecule has 2 unspecified atom stereocenters. The van der Waals surface area contributed by atoms with E-state index >= 15 is 0 Å². The molecular weight excluding hydrogens is 376 g/mol. The molecule has 4 aliphatic carbocycles. The van der Waals surface area contributed by atoms with Gasteiger partial charge in [0.15, 0.2) is 6.61 Å². The highest BCUT2D eigenvalue weighted by atomic mass is 35.5. The van der Waals surface area contributed by atoms with E-state index in [2.05, 4.69) is 5.10 Å². The third kappa shape index (κ3) is 3.14. The Kier molecular flexibility index (Phi) is 4.27. The van der Waals surface area contributed by atoms with E-state index in [1.54, 1.807) is 0 Å². The summed E-state index contributed by atoms with van der Waals surface area (Å²) in [5, 5.41) is 5.86. The number of rotatable bonds is 4. The van der Waals surface area contributed by atoms with Gasteiger partial charge in [0.1, 0.15) is 0 Å². The molecule has 0 spiro atoms. The lowest BCUT2D eigenvalue weighted by atomic mass is 9.49. The summed E-state index contributed by atoms with van der Waals surface area (Å²) in [5.41, 5.74) is 1.44. The van der Waals surface area contributed by atoms with Crippen molar-refractivity contribution in [3.8, 4) is 0 Å². The van der Waals surface area contributed by atoms with Gasteiger partial charge in [0.2, 0.25) is 0 Å². The molecule has 0 radical (unpaired) electrons. The fourth-order valence-corrected chi connectivity index (χ4v) is 6.91. The zero-order valence-corrected chi connectivity index (χ0v) is 16.7. The van der Waals surface area contributed by atoms with Crippen molar-refractivity contribution >= 4 is 29.2 Å². The van der Waals surface area contributed by atoms with E-state index in [0.717, 1.165) is 37.0 Å². The first-order chi connectivity index (χ1) is 13.4. The maximum Gasteiger partial charge on any atom is 0.312 e. The number of hydrazone groups is 1. The van der Waals surface area contributed by atoms with E-state index in [1.807, 2.05) is 30.3 Å². The lowest BCUT2D eigenvalue weighted by Gasteiger charge is -2.58. The van der Waals surface area contributed by atoms with Gasteiger partial charge in [0, 0.05) is 11.3 Å². The normalized spacial score (nSPS) is 35.8. The van der Waals surface area contributed by atoms with E-state index < -0.39 is 5.41 Å². The maximum absolute atomic E-state index is 13.0. The number of amides is 1. The van der Waals surface area contributed by atoms with Crippen LogP contribution in [0.1, 0.15) is 50.5 Å². The SMILES string of the molecule is O=C(COC(=O)C12C[C@@H]3C[C@@H](CC(Cl)(C3)C1)C2)N1CCC(c2ccccc2)=N1. The second-order valence-corrected chi connectivity index (χ2v) is 9.95. The number of hydrogen-bond acceptors (Lipinski definition) is 4. The van der Waals surface area contributed by atoms with Crippen LogP contribution in [-0.4, -0.2) is 40.6 Å². The molecule has 6 rings (SSSR count). The first-order valence-corrected chi connectivity index (χ1v) is 10.6. The Morgan fingerprint density at radius 1 is 1.14 bits per heavy atom. The third-order valence-corrected chi connectivity index (χ3v) is 7.39. The number of alkyl halides is 1. The van der Waals surface area contributed by atoms with Crippen molar-refractivity contribution in [1.82, 2.24) is 5.01 Å². The van der Waals surface area contributed by atoms with Crippen molar-refractivity contribution in [2.45, 2.75) is 49.8 Å². The predicted octanol–water partition coefficient (Wildman–Crippen LogP) is 3.74. The van der Waals surface area contributed by atoms with Crippen molar-refractivity contribution in [2.24, 2.45) is 22.4 Å². The minimum atomic E-state index is -0.477. The second-order valence-electron chi connectivity index (χ2n) is 9.15. The van der Waals surface area contributed by atoms with Gasteiger partial charge in [0.25, 0.3) is 5.91 Å². The summed E-state index contributed by atoms with van der Waals surface area (Å²) in [4.78, 5) is 25.2. The number of esters is 1. The average molecular weight is 401 g/mol. The van der Waals surface area contributed by atoms with Crippen molar-refractivity contribution in [3.63, 3.8) is 0 Å². The topological polar surface area (TPSA) is 59.0 Å². The molecule has 148 valence electrons. The Morgan fingerprint density at radius 3 is 2.54 bits per heavy atom. The van der Waals surface area contributed by atoms with Crippen molar-refractivity contribution in [3.05, 3.63) is 35.9 Å². The fourth-order valence-electron chi connectivity index (χ4n) is 6.22. The van der Waals surface area contributed by atoms with Crippen LogP contribution in [0.25, 0.3) is 0 Å². The van der Waals surface area contributed by atoms with E-state index in [1.165, 1.54) is 11.4 Å². The minimum absolute atomic E-state index is 0.230. The monoisotopic (exact) mass is 400 g/mol. The minimum Gasteiger partial charge on any atom is -0.455 e. The van der Waals surface area contributed by atoms with Crippen LogP contribution in [0.15, 0.2) is 35.4 Å². The smallest absolute Gasteiger partial charge is 0.312 e. The number of benzene rings is 1. The Morgan fingerprint density at radius 2 is 1.86 bits per heavy atom. The largest absolute Gasteiger partial charge is 0.455 e. The number of halogens is 1. The standard InChI is InChI=1S/C22H25ClN2O3/c23-22-11-15-8-16(12-22)10-21(9-15,14-22)20(27)28-13-19(26)25-7-6-18(24-25)17-4-2-1-3-5-17/h1-5,15-16H,6-14H2/t15-,16+,21?,22?. The van der Waals surface area contributed by atoms with Gasteiger partial charge >= 0.3 is 5.97 Å². The molecule has 1 aromatic carbocycles. The van der Waals surface area contributed by atoms with E-state index in [-0.39, 0.29) is 23.4 Å². The first kappa shape index (κ1) is 18.2. The molecule has 4 fully saturated rings. The summed E-state index contributed by atoms with van der Waals surface area (Å²) >= 11 is 6.80. The summed E-state index contributed by atoms with van der Waals surface area (Å²) in [6, 6.07) is 9.85. The van der Waals surface area contributed by atoms with E-state index in [4.69, 9.17) is 16.3 Å². The molecule has 0 saturated heterocycles. The Bertz CT molecular complexity index is 823. The highest BCUT2D eigenvalue weighted by molar-refractivity contribution is 6.24. The molecule has 28 heavy (non-hydrogen) atoms. The Hall–Kier alpha value is -1.88. The average Bonchev–Trinajstić information content (AvgIpc) is 3.15. The van der Waals surface area contributed by atoms with Crippen LogP contribution in [0.3, 0.4) is 0 Å². The molecule has 0 aromatic heterocycles. The zero-order valence-electron chi connectivity index (χ0n) is 15.9. The third-order valence-electron chi connectivity index (χ3n) is 6.95. The highest BCUT2D eigenvalue weighted by Crippen LogP contribution is 2.64. The van der Waals surface area contributed by atoms with Crippen LogP contribution in [0, 0.1) is 17.3 Å². The zero-order chi connectivity index (χ0) is 19.4. The number of carbonyl (C=O) groups is 2. The maximum atomic E-state index is 13.0. The molecule has 4 atom stereocenters.